The predicted octanol–water partition coefficient (Wildman–Crippen LogP) is 3.99. The van der Waals surface area contributed by atoms with Crippen LogP contribution in [0.1, 0.15) is 12.5 Å². The normalized spacial score (nSPS) is 9.50. The largest absolute Gasteiger partial charge is 0.117 e. The van der Waals surface area contributed by atoms with Gasteiger partial charge in [0.15, 0.2) is 0 Å². The van der Waals surface area contributed by atoms with Gasteiger partial charge in [-0.2, -0.15) is 0 Å². The predicted molar refractivity (Wildman–Crippen MR) is 62.9 cm³/mol. The molecule has 1 aromatic carbocycles. The van der Waals surface area contributed by atoms with Gasteiger partial charge in [-0.1, -0.05) is 55.1 Å². The summed E-state index contributed by atoms with van der Waals surface area (Å²) in [6, 6.07) is 10.1. The van der Waals surface area contributed by atoms with Gasteiger partial charge in [0.05, 0.1) is 0 Å². The van der Waals surface area contributed by atoms with Crippen molar-refractivity contribution in [3.63, 3.8) is 0 Å². The molecule has 0 heteroatoms. The minimum atomic E-state index is 1.09. The van der Waals surface area contributed by atoms with E-state index in [2.05, 4.69) is 24.4 Å². The fourth-order valence-corrected chi connectivity index (χ4v) is 1.01. The molecule has 1 rings (SSSR count). The number of allylic oxidation sites excluding steroid dienone is 4. The lowest BCUT2D eigenvalue weighted by molar-refractivity contribution is 1.55. The van der Waals surface area contributed by atoms with E-state index in [9.17, 15) is 0 Å². The molecule has 0 bridgehead atoms. The summed E-state index contributed by atoms with van der Waals surface area (Å²) in [4.78, 5) is 0. The van der Waals surface area contributed by atoms with E-state index in [1.54, 1.807) is 6.08 Å². The Labute approximate surface area is 85.6 Å². The van der Waals surface area contributed by atoms with Crippen LogP contribution in [-0.4, -0.2) is 0 Å². The number of hydrogen-bond acceptors (Lipinski definition) is 0. The monoisotopic (exact) mass is 182 g/mol. The minimum absolute atomic E-state index is 1.09. The van der Waals surface area contributed by atoms with Crippen LogP contribution < -0.4 is 0 Å². The molecule has 0 atom stereocenters. The summed E-state index contributed by atoms with van der Waals surface area (Å²) in [5.41, 5.74) is 5.45. The van der Waals surface area contributed by atoms with Crippen molar-refractivity contribution in [3.05, 3.63) is 72.0 Å². The minimum Gasteiger partial charge on any atom is -0.117 e. The first-order chi connectivity index (χ1) is 6.83. The highest BCUT2D eigenvalue weighted by Crippen LogP contribution is 2.01. The fraction of sp³-hybridized carbons (Fsp3) is 0.0714. The Kier molecular flexibility index (Phi) is 4.26. The van der Waals surface area contributed by atoms with Gasteiger partial charge < -0.3 is 0 Å². The molecular weight excluding hydrogens is 168 g/mol. The third-order valence-corrected chi connectivity index (χ3v) is 1.75. The Morgan fingerprint density at radius 3 is 2.64 bits per heavy atom. The Morgan fingerprint density at radius 1 is 1.29 bits per heavy atom. The van der Waals surface area contributed by atoms with Crippen molar-refractivity contribution in [2.24, 2.45) is 0 Å². The molecule has 0 unspecified atom stereocenters. The zero-order valence-electron chi connectivity index (χ0n) is 8.40. The summed E-state index contributed by atoms with van der Waals surface area (Å²) in [7, 11) is 0. The van der Waals surface area contributed by atoms with E-state index in [0.717, 1.165) is 5.57 Å². The Hall–Kier alpha value is -1.78. The van der Waals surface area contributed by atoms with E-state index in [1.807, 2.05) is 43.4 Å². The number of rotatable bonds is 3. The van der Waals surface area contributed by atoms with Crippen molar-refractivity contribution in [2.75, 3.05) is 0 Å². The second kappa shape index (κ2) is 5.80. The van der Waals surface area contributed by atoms with Crippen molar-refractivity contribution in [3.8, 4) is 0 Å². The average Bonchev–Trinajstić information content (AvgIpc) is 2.25. The summed E-state index contributed by atoms with van der Waals surface area (Å²) in [6.45, 7) is 5.63. The molecule has 0 heterocycles. The zero-order chi connectivity index (χ0) is 10.2. The van der Waals surface area contributed by atoms with Crippen LogP contribution in [0.3, 0.4) is 0 Å². The van der Waals surface area contributed by atoms with Gasteiger partial charge in [-0.3, -0.25) is 0 Å². The molecule has 0 aliphatic rings. The van der Waals surface area contributed by atoms with Gasteiger partial charge in [-0.25, -0.2) is 0 Å². The van der Waals surface area contributed by atoms with Gasteiger partial charge in [0.25, 0.3) is 0 Å². The van der Waals surface area contributed by atoms with Crippen molar-refractivity contribution in [2.45, 2.75) is 6.92 Å². The van der Waals surface area contributed by atoms with Crippen LogP contribution in [0.25, 0.3) is 6.08 Å². The third kappa shape index (κ3) is 3.75. The summed E-state index contributed by atoms with van der Waals surface area (Å²) in [5, 5.41) is 0. The molecule has 0 fully saturated rings. The van der Waals surface area contributed by atoms with Crippen LogP contribution in [0.15, 0.2) is 66.4 Å². The highest BCUT2D eigenvalue weighted by molar-refractivity contribution is 5.49. The maximum Gasteiger partial charge on any atom is -0.00912 e. The van der Waals surface area contributed by atoms with E-state index in [-0.39, 0.29) is 0 Å². The lowest BCUT2D eigenvalue weighted by Crippen LogP contribution is -1.67. The van der Waals surface area contributed by atoms with E-state index in [1.165, 1.54) is 5.56 Å². The van der Waals surface area contributed by atoms with Crippen molar-refractivity contribution < 1.29 is 0 Å². The molecule has 0 amide bonds. The first-order valence-electron chi connectivity index (χ1n) is 4.60. The molecule has 0 aliphatic carbocycles. The molecule has 70 valence electrons. The van der Waals surface area contributed by atoms with Crippen LogP contribution in [0.2, 0.25) is 0 Å². The van der Waals surface area contributed by atoms with Crippen molar-refractivity contribution >= 4 is 6.08 Å². The summed E-state index contributed by atoms with van der Waals surface area (Å²) in [5.74, 6) is 0. The van der Waals surface area contributed by atoms with E-state index >= 15 is 0 Å². The topological polar surface area (TPSA) is 0 Å². The van der Waals surface area contributed by atoms with Gasteiger partial charge in [0.1, 0.15) is 0 Å². The highest BCUT2D eigenvalue weighted by Gasteiger charge is 1.80. The van der Waals surface area contributed by atoms with Crippen molar-refractivity contribution in [1.29, 1.82) is 0 Å². The second-order valence-corrected chi connectivity index (χ2v) is 2.98. The Bertz CT molecular complexity index is 374. The average molecular weight is 182 g/mol. The number of hydrogen-bond donors (Lipinski definition) is 0. The molecule has 1 aromatic rings. The summed E-state index contributed by atoms with van der Waals surface area (Å²) < 4.78 is 0. The molecule has 0 radical (unpaired) electrons. The van der Waals surface area contributed by atoms with Gasteiger partial charge in [0, 0.05) is 0 Å². The van der Waals surface area contributed by atoms with E-state index < -0.39 is 0 Å². The van der Waals surface area contributed by atoms with Crippen LogP contribution >= 0.6 is 0 Å². The lowest BCUT2D eigenvalue weighted by atomic mass is 10.2. The van der Waals surface area contributed by atoms with E-state index in [4.69, 9.17) is 0 Å². The van der Waals surface area contributed by atoms with E-state index in [0.29, 0.717) is 0 Å². The molecule has 0 saturated carbocycles. The summed E-state index contributed by atoms with van der Waals surface area (Å²) >= 11 is 0. The Balaban J connectivity index is 2.81. The SMILES string of the molecule is C=CC=CC(C)=C=Cc1ccccc1. The third-order valence-electron chi connectivity index (χ3n) is 1.75. The van der Waals surface area contributed by atoms with Gasteiger partial charge in [-0.15, -0.1) is 5.73 Å². The van der Waals surface area contributed by atoms with Gasteiger partial charge in [-0.05, 0) is 24.1 Å². The maximum absolute atomic E-state index is 3.61. The van der Waals surface area contributed by atoms with Crippen LogP contribution in [0, 0.1) is 0 Å². The van der Waals surface area contributed by atoms with Crippen LogP contribution in [0.5, 0.6) is 0 Å². The molecule has 0 N–H and O–H groups in total. The van der Waals surface area contributed by atoms with Gasteiger partial charge in [0.2, 0.25) is 0 Å². The smallest absolute Gasteiger partial charge is 0.00912 e. The Morgan fingerprint density at radius 2 is 2.00 bits per heavy atom. The number of benzene rings is 1. The highest BCUT2D eigenvalue weighted by atomic mass is 13.9. The van der Waals surface area contributed by atoms with Gasteiger partial charge >= 0.3 is 0 Å². The van der Waals surface area contributed by atoms with Crippen LogP contribution in [-0.2, 0) is 0 Å². The maximum atomic E-state index is 3.61. The quantitative estimate of drug-likeness (QED) is 0.490. The molecule has 14 heavy (non-hydrogen) atoms. The first kappa shape index (κ1) is 10.3. The molecule has 0 spiro atoms. The summed E-state index contributed by atoms with van der Waals surface area (Å²) in [6.07, 6.45) is 7.62. The zero-order valence-corrected chi connectivity index (χ0v) is 8.40. The fourth-order valence-electron chi connectivity index (χ4n) is 1.01. The van der Waals surface area contributed by atoms with Crippen molar-refractivity contribution in [1.82, 2.24) is 0 Å². The first-order valence-corrected chi connectivity index (χ1v) is 4.60. The standard InChI is InChI=1S/C14H14/c1-3-4-8-13(2)11-12-14-9-6-5-7-10-14/h3-10,12H,1H2,2H3. The molecule has 0 aliphatic heterocycles. The molecule has 0 saturated heterocycles. The molecule has 0 nitrogen and oxygen atoms in total. The van der Waals surface area contributed by atoms with Crippen LogP contribution in [0.4, 0.5) is 0 Å². The second-order valence-electron chi connectivity index (χ2n) is 2.98. The molecule has 0 aromatic heterocycles. The molecular formula is C14H14. The lowest BCUT2D eigenvalue weighted by Gasteiger charge is -1.88.